The maximum absolute atomic E-state index is 9.33. The van der Waals surface area contributed by atoms with Crippen LogP contribution in [0.3, 0.4) is 0 Å². The van der Waals surface area contributed by atoms with E-state index >= 15 is 0 Å². The van der Waals surface area contributed by atoms with Crippen molar-refractivity contribution in [3.8, 4) is 17.6 Å². The van der Waals surface area contributed by atoms with E-state index in [0.29, 0.717) is 5.56 Å². The number of rotatable bonds is 2. The summed E-state index contributed by atoms with van der Waals surface area (Å²) in [7, 11) is 0. The average Bonchev–Trinajstić information content (AvgIpc) is 2.09. The molecule has 0 radical (unpaired) electrons. The minimum absolute atomic E-state index is 0. The largest absolute Gasteiger partial charge is 0.508 e. The van der Waals surface area contributed by atoms with Crippen LogP contribution >= 0.6 is 12.4 Å². The molecule has 14 heavy (non-hydrogen) atoms. The number of phenolic OH excluding ortho intramolecular Hbond substituents is 2. The minimum Gasteiger partial charge on any atom is -0.508 e. The zero-order chi connectivity index (χ0) is 9.84. The molecule has 5 heteroatoms. The van der Waals surface area contributed by atoms with Crippen LogP contribution in [0.5, 0.6) is 11.5 Å². The van der Waals surface area contributed by atoms with Gasteiger partial charge in [-0.05, 0) is 18.2 Å². The summed E-state index contributed by atoms with van der Waals surface area (Å²) >= 11 is 0. The molecule has 0 aliphatic carbocycles. The third kappa shape index (κ3) is 2.80. The van der Waals surface area contributed by atoms with Crippen molar-refractivity contribution in [3.63, 3.8) is 0 Å². The van der Waals surface area contributed by atoms with Crippen LogP contribution in [0.15, 0.2) is 18.2 Å². The Bertz CT molecular complexity index is 349. The first-order valence-corrected chi connectivity index (χ1v) is 3.79. The number of phenols is 2. The van der Waals surface area contributed by atoms with E-state index in [1.165, 1.54) is 18.2 Å². The maximum Gasteiger partial charge on any atom is 0.120 e. The molecule has 0 spiro atoms. The molecule has 1 aromatic rings. The van der Waals surface area contributed by atoms with Gasteiger partial charge in [0.15, 0.2) is 0 Å². The predicted octanol–water partition coefficient (Wildman–Crippen LogP) is 1.43. The molecule has 1 atom stereocenters. The number of aromatic hydroxyl groups is 2. The van der Waals surface area contributed by atoms with E-state index < -0.39 is 6.04 Å². The molecule has 1 aromatic carbocycles. The molecule has 0 unspecified atom stereocenters. The Balaban J connectivity index is 0.00000169. The molecule has 0 fully saturated rings. The second-order valence-corrected chi connectivity index (χ2v) is 2.71. The van der Waals surface area contributed by atoms with Gasteiger partial charge in [0.25, 0.3) is 0 Å². The van der Waals surface area contributed by atoms with Crippen LogP contribution in [0.4, 0.5) is 0 Å². The van der Waals surface area contributed by atoms with E-state index in [-0.39, 0.29) is 30.3 Å². The Labute approximate surface area is 88.0 Å². The van der Waals surface area contributed by atoms with Gasteiger partial charge >= 0.3 is 0 Å². The number of nitriles is 1. The summed E-state index contributed by atoms with van der Waals surface area (Å²) in [6.07, 6.45) is 0.108. The number of halogens is 1. The van der Waals surface area contributed by atoms with Crippen LogP contribution in [0.1, 0.15) is 18.0 Å². The molecule has 0 saturated carbocycles. The lowest BCUT2D eigenvalue weighted by Crippen LogP contribution is -2.09. The zero-order valence-corrected chi connectivity index (χ0v) is 8.16. The first kappa shape index (κ1) is 12.6. The van der Waals surface area contributed by atoms with Crippen LogP contribution in [0.2, 0.25) is 0 Å². The van der Waals surface area contributed by atoms with Crippen LogP contribution in [0.25, 0.3) is 0 Å². The zero-order valence-electron chi connectivity index (χ0n) is 7.34. The van der Waals surface area contributed by atoms with Crippen molar-refractivity contribution in [2.45, 2.75) is 12.5 Å². The van der Waals surface area contributed by atoms with Gasteiger partial charge in [-0.25, -0.2) is 0 Å². The standard InChI is InChI=1S/C9H10N2O2.ClH/c10-4-3-8(11)7-5-6(12)1-2-9(7)13;/h1-2,5,8,12-13H,3,11H2;1H/t8-;/m1./s1. The van der Waals surface area contributed by atoms with Crippen molar-refractivity contribution in [2.75, 3.05) is 0 Å². The lowest BCUT2D eigenvalue weighted by Gasteiger charge is -2.09. The molecule has 0 aliphatic heterocycles. The second-order valence-electron chi connectivity index (χ2n) is 2.71. The molecule has 4 nitrogen and oxygen atoms in total. The third-order valence-corrected chi connectivity index (χ3v) is 1.72. The summed E-state index contributed by atoms with van der Waals surface area (Å²) in [6, 6.07) is 5.40. The summed E-state index contributed by atoms with van der Waals surface area (Å²) < 4.78 is 0. The Kier molecular flexibility index (Phi) is 4.78. The van der Waals surface area contributed by atoms with Crippen LogP contribution in [0, 0.1) is 11.3 Å². The molecule has 0 aromatic heterocycles. The van der Waals surface area contributed by atoms with Gasteiger partial charge in [0.05, 0.1) is 12.5 Å². The van der Waals surface area contributed by atoms with Gasteiger partial charge in [-0.1, -0.05) is 0 Å². The van der Waals surface area contributed by atoms with Crippen molar-refractivity contribution in [1.82, 2.24) is 0 Å². The van der Waals surface area contributed by atoms with Gasteiger partial charge < -0.3 is 15.9 Å². The lowest BCUT2D eigenvalue weighted by molar-refractivity contribution is 0.448. The van der Waals surface area contributed by atoms with Crippen LogP contribution in [-0.2, 0) is 0 Å². The highest BCUT2D eigenvalue weighted by atomic mass is 35.5. The van der Waals surface area contributed by atoms with E-state index in [4.69, 9.17) is 16.1 Å². The SMILES string of the molecule is Cl.N#CC[C@@H](N)c1cc(O)ccc1O. The second kappa shape index (κ2) is 5.32. The van der Waals surface area contributed by atoms with E-state index in [0.717, 1.165) is 0 Å². The number of hydrogen-bond acceptors (Lipinski definition) is 4. The van der Waals surface area contributed by atoms with Crippen molar-refractivity contribution in [2.24, 2.45) is 5.73 Å². The summed E-state index contributed by atoms with van der Waals surface area (Å²) in [5.41, 5.74) is 5.97. The van der Waals surface area contributed by atoms with Gasteiger partial charge in [0, 0.05) is 11.6 Å². The topological polar surface area (TPSA) is 90.3 Å². The molecular weight excluding hydrogens is 204 g/mol. The first-order chi connectivity index (χ1) is 6.15. The predicted molar refractivity (Wildman–Crippen MR) is 54.2 cm³/mol. The van der Waals surface area contributed by atoms with Crippen molar-refractivity contribution in [3.05, 3.63) is 23.8 Å². The Hall–Kier alpha value is -1.44. The van der Waals surface area contributed by atoms with E-state index in [1.54, 1.807) is 0 Å². The first-order valence-electron chi connectivity index (χ1n) is 3.79. The van der Waals surface area contributed by atoms with E-state index in [1.807, 2.05) is 6.07 Å². The van der Waals surface area contributed by atoms with Gasteiger partial charge in [0.2, 0.25) is 0 Å². The highest BCUT2D eigenvalue weighted by molar-refractivity contribution is 5.85. The Morgan fingerprint density at radius 3 is 2.64 bits per heavy atom. The maximum atomic E-state index is 9.33. The molecule has 76 valence electrons. The fourth-order valence-electron chi connectivity index (χ4n) is 1.05. The van der Waals surface area contributed by atoms with Crippen LogP contribution in [-0.4, -0.2) is 10.2 Å². The quantitative estimate of drug-likeness (QED) is 0.650. The minimum atomic E-state index is -0.558. The molecule has 0 heterocycles. The smallest absolute Gasteiger partial charge is 0.120 e. The molecule has 0 saturated heterocycles. The molecule has 0 bridgehead atoms. The normalized spacial score (nSPS) is 11.1. The fourth-order valence-corrected chi connectivity index (χ4v) is 1.05. The fraction of sp³-hybridized carbons (Fsp3) is 0.222. The van der Waals surface area contributed by atoms with Crippen LogP contribution < -0.4 is 5.73 Å². The number of nitrogens with zero attached hydrogens (tertiary/aromatic N) is 1. The monoisotopic (exact) mass is 214 g/mol. The molecule has 0 aliphatic rings. The number of nitrogens with two attached hydrogens (primary N) is 1. The third-order valence-electron chi connectivity index (χ3n) is 1.72. The van der Waals surface area contributed by atoms with Crippen molar-refractivity contribution < 1.29 is 10.2 Å². The van der Waals surface area contributed by atoms with Gasteiger partial charge in [-0.3, -0.25) is 0 Å². The number of benzene rings is 1. The Morgan fingerprint density at radius 2 is 2.07 bits per heavy atom. The van der Waals surface area contributed by atoms with Gasteiger partial charge in [0.1, 0.15) is 11.5 Å². The van der Waals surface area contributed by atoms with E-state index in [2.05, 4.69) is 0 Å². The summed E-state index contributed by atoms with van der Waals surface area (Å²) in [5.74, 6) is 0.0294. The molecule has 4 N–H and O–H groups in total. The summed E-state index contributed by atoms with van der Waals surface area (Å²) in [6.45, 7) is 0. The van der Waals surface area contributed by atoms with E-state index in [9.17, 15) is 5.11 Å². The molecule has 1 rings (SSSR count). The summed E-state index contributed by atoms with van der Waals surface area (Å²) in [5, 5.41) is 26.8. The number of hydrogen-bond donors (Lipinski definition) is 3. The van der Waals surface area contributed by atoms with Gasteiger partial charge in [-0.2, -0.15) is 5.26 Å². The van der Waals surface area contributed by atoms with Gasteiger partial charge in [-0.15, -0.1) is 12.4 Å². The average molecular weight is 215 g/mol. The lowest BCUT2D eigenvalue weighted by atomic mass is 10.0. The highest BCUT2D eigenvalue weighted by Gasteiger charge is 2.10. The summed E-state index contributed by atoms with van der Waals surface area (Å²) in [4.78, 5) is 0. The van der Waals surface area contributed by atoms with Crippen molar-refractivity contribution >= 4 is 12.4 Å². The Morgan fingerprint density at radius 1 is 1.43 bits per heavy atom. The molecule has 0 amide bonds. The highest BCUT2D eigenvalue weighted by Crippen LogP contribution is 2.27. The van der Waals surface area contributed by atoms with Crippen molar-refractivity contribution in [1.29, 1.82) is 5.26 Å². The molecular formula is C9H11ClN2O2.